The van der Waals surface area contributed by atoms with E-state index in [-0.39, 0.29) is 18.0 Å². The van der Waals surface area contributed by atoms with Crippen LogP contribution in [0, 0.1) is 0 Å². The smallest absolute Gasteiger partial charge is 0.278 e. The van der Waals surface area contributed by atoms with Gasteiger partial charge in [-0.3, -0.25) is 9.59 Å². The summed E-state index contributed by atoms with van der Waals surface area (Å²) in [6.07, 6.45) is 4.12. The summed E-state index contributed by atoms with van der Waals surface area (Å²) in [7, 11) is 1.65. The second-order valence-electron chi connectivity index (χ2n) is 8.39. The Morgan fingerprint density at radius 2 is 2.11 bits per heavy atom. The zero-order valence-corrected chi connectivity index (χ0v) is 19.7. The minimum Gasteiger partial charge on any atom is -0.324 e. The molecule has 35 heavy (non-hydrogen) atoms. The van der Waals surface area contributed by atoms with Crippen LogP contribution in [-0.4, -0.2) is 43.8 Å². The van der Waals surface area contributed by atoms with Crippen molar-refractivity contribution in [1.29, 1.82) is 0 Å². The van der Waals surface area contributed by atoms with Gasteiger partial charge in [-0.1, -0.05) is 18.2 Å². The molecule has 0 unspecified atom stereocenters. The molecular formula is C25H26N8O2. The molecular weight excluding hydrogens is 444 g/mol. The number of carbonyl (C=O) groups excluding carboxylic acids is 1. The number of nitrogens with zero attached hydrogens (tertiary/aromatic N) is 6. The second kappa shape index (κ2) is 9.15. The summed E-state index contributed by atoms with van der Waals surface area (Å²) < 4.78 is 3.14. The van der Waals surface area contributed by atoms with E-state index in [2.05, 4.69) is 44.3 Å². The zero-order chi connectivity index (χ0) is 24.5. The Bertz CT molecular complexity index is 1500. The Kier molecular flexibility index (Phi) is 5.87. The molecule has 4 aromatic rings. The average molecular weight is 471 g/mol. The minimum absolute atomic E-state index is 0.148. The molecule has 1 aliphatic rings. The summed E-state index contributed by atoms with van der Waals surface area (Å²) in [5, 5.41) is 7.00. The standard InChI is InChI=1S/C25H26N8O2/c1-4-12-32-24(35)20-15-27-25(28-19-9-8-18-14-26-11-10-17(18)13-19)30-23(20)33(32)22-7-5-6-21(29-22)31(3)16(2)34/h4-9,13,15,26H,1,10-12,14H2,2-3H3,(H,27,28,30). The Morgan fingerprint density at radius 1 is 1.26 bits per heavy atom. The predicted molar refractivity (Wildman–Crippen MR) is 135 cm³/mol. The molecule has 0 spiro atoms. The maximum Gasteiger partial charge on any atom is 0.278 e. The lowest BCUT2D eigenvalue weighted by Gasteiger charge is -2.18. The van der Waals surface area contributed by atoms with Crippen LogP contribution in [0.2, 0.25) is 0 Å². The van der Waals surface area contributed by atoms with E-state index in [0.717, 1.165) is 25.2 Å². The number of amides is 1. The number of fused-ring (bicyclic) bond motifs is 2. The van der Waals surface area contributed by atoms with E-state index >= 15 is 0 Å². The maximum atomic E-state index is 13.2. The minimum atomic E-state index is -0.250. The number of carbonyl (C=O) groups is 1. The molecule has 3 aromatic heterocycles. The van der Waals surface area contributed by atoms with Crippen molar-refractivity contribution in [2.24, 2.45) is 0 Å². The normalized spacial score (nSPS) is 12.9. The molecule has 1 aliphatic heterocycles. The van der Waals surface area contributed by atoms with Crippen molar-refractivity contribution in [3.05, 3.63) is 76.7 Å². The predicted octanol–water partition coefficient (Wildman–Crippen LogP) is 2.54. The number of allylic oxidation sites excluding steroid dienone is 1. The van der Waals surface area contributed by atoms with Crippen molar-refractivity contribution in [3.63, 3.8) is 0 Å². The van der Waals surface area contributed by atoms with Crippen molar-refractivity contribution in [3.8, 4) is 5.82 Å². The van der Waals surface area contributed by atoms with E-state index < -0.39 is 0 Å². The summed E-state index contributed by atoms with van der Waals surface area (Å²) in [5.74, 6) is 1.14. The highest BCUT2D eigenvalue weighted by Gasteiger charge is 2.19. The number of rotatable bonds is 6. The molecule has 0 aliphatic carbocycles. The molecule has 0 radical (unpaired) electrons. The SMILES string of the molecule is C=CCn1c(=O)c2cnc(Nc3ccc4c(c3)CCNC4)nc2n1-c1cccc(N(C)C(C)=O)n1. The number of benzene rings is 1. The molecule has 1 amide bonds. The van der Waals surface area contributed by atoms with Crippen LogP contribution in [0.1, 0.15) is 18.1 Å². The fourth-order valence-corrected chi connectivity index (χ4v) is 4.17. The fraction of sp³-hybridized carbons (Fsp3) is 0.240. The van der Waals surface area contributed by atoms with Gasteiger partial charge in [0.1, 0.15) is 11.2 Å². The summed E-state index contributed by atoms with van der Waals surface area (Å²) in [6.45, 7) is 7.32. The number of hydrogen-bond acceptors (Lipinski definition) is 7. The quantitative estimate of drug-likeness (QED) is 0.417. The second-order valence-corrected chi connectivity index (χ2v) is 8.39. The van der Waals surface area contributed by atoms with Gasteiger partial charge in [0, 0.05) is 32.4 Å². The Hall–Kier alpha value is -4.31. The third kappa shape index (κ3) is 4.19. The highest BCUT2D eigenvalue weighted by molar-refractivity contribution is 5.89. The van der Waals surface area contributed by atoms with Gasteiger partial charge in [-0.25, -0.2) is 19.3 Å². The van der Waals surface area contributed by atoms with Gasteiger partial charge in [-0.2, -0.15) is 4.98 Å². The number of nitrogens with one attached hydrogen (secondary N) is 2. The molecule has 0 fully saturated rings. The van der Waals surface area contributed by atoms with Gasteiger partial charge < -0.3 is 15.5 Å². The lowest BCUT2D eigenvalue weighted by molar-refractivity contribution is -0.116. The number of hydrogen-bond donors (Lipinski definition) is 2. The highest BCUT2D eigenvalue weighted by Crippen LogP contribution is 2.23. The van der Waals surface area contributed by atoms with Crippen molar-refractivity contribution >= 4 is 34.4 Å². The lowest BCUT2D eigenvalue weighted by atomic mass is 10.0. The molecule has 5 rings (SSSR count). The van der Waals surface area contributed by atoms with E-state index in [1.807, 2.05) is 6.07 Å². The van der Waals surface area contributed by atoms with Crippen LogP contribution in [0.3, 0.4) is 0 Å². The van der Waals surface area contributed by atoms with Crippen molar-refractivity contribution < 1.29 is 4.79 Å². The lowest BCUT2D eigenvalue weighted by Crippen LogP contribution is -2.25. The maximum absolute atomic E-state index is 13.2. The molecule has 4 heterocycles. The van der Waals surface area contributed by atoms with E-state index in [9.17, 15) is 9.59 Å². The van der Waals surface area contributed by atoms with Gasteiger partial charge in [0.25, 0.3) is 5.56 Å². The Morgan fingerprint density at radius 3 is 2.91 bits per heavy atom. The van der Waals surface area contributed by atoms with Gasteiger partial charge in [-0.05, 0) is 48.4 Å². The first-order valence-corrected chi connectivity index (χ1v) is 11.4. The molecule has 0 bridgehead atoms. The van der Waals surface area contributed by atoms with E-state index in [1.165, 1.54) is 33.8 Å². The van der Waals surface area contributed by atoms with Gasteiger partial charge in [0.15, 0.2) is 11.5 Å². The zero-order valence-electron chi connectivity index (χ0n) is 19.7. The number of anilines is 3. The van der Waals surface area contributed by atoms with Crippen molar-refractivity contribution in [2.75, 3.05) is 23.8 Å². The number of aromatic nitrogens is 5. The van der Waals surface area contributed by atoms with E-state index in [1.54, 1.807) is 36.0 Å². The first-order valence-electron chi connectivity index (χ1n) is 11.4. The van der Waals surface area contributed by atoms with Crippen LogP contribution in [0.5, 0.6) is 0 Å². The topological polar surface area (TPSA) is 110 Å². The Balaban J connectivity index is 1.61. The van der Waals surface area contributed by atoms with Crippen LogP contribution in [0.25, 0.3) is 16.9 Å². The molecule has 0 saturated carbocycles. The Labute approximate surface area is 201 Å². The van der Waals surface area contributed by atoms with Crippen LogP contribution in [0.15, 0.2) is 60.0 Å². The first kappa shape index (κ1) is 22.5. The summed E-state index contributed by atoms with van der Waals surface area (Å²) in [5.41, 5.74) is 3.62. The molecule has 10 heteroatoms. The van der Waals surface area contributed by atoms with E-state index in [0.29, 0.717) is 28.6 Å². The fourth-order valence-electron chi connectivity index (χ4n) is 4.17. The number of pyridine rings is 1. The highest BCUT2D eigenvalue weighted by atomic mass is 16.2. The third-order valence-electron chi connectivity index (χ3n) is 6.08. The summed E-state index contributed by atoms with van der Waals surface area (Å²) >= 11 is 0. The van der Waals surface area contributed by atoms with Crippen molar-refractivity contribution in [1.82, 2.24) is 29.6 Å². The molecule has 0 atom stereocenters. The molecule has 2 N–H and O–H groups in total. The summed E-state index contributed by atoms with van der Waals surface area (Å²) in [6, 6.07) is 11.5. The van der Waals surface area contributed by atoms with Crippen molar-refractivity contribution in [2.45, 2.75) is 26.4 Å². The summed E-state index contributed by atoms with van der Waals surface area (Å²) in [4.78, 5) is 40.2. The van der Waals surface area contributed by atoms with Crippen LogP contribution in [-0.2, 0) is 24.3 Å². The molecule has 178 valence electrons. The van der Waals surface area contributed by atoms with Gasteiger partial charge in [-0.15, -0.1) is 6.58 Å². The van der Waals surface area contributed by atoms with Crippen LogP contribution >= 0.6 is 0 Å². The molecule has 1 aromatic carbocycles. The molecule has 0 saturated heterocycles. The third-order valence-corrected chi connectivity index (χ3v) is 6.08. The van der Waals surface area contributed by atoms with Gasteiger partial charge in [0.2, 0.25) is 11.9 Å². The molecule has 10 nitrogen and oxygen atoms in total. The largest absolute Gasteiger partial charge is 0.324 e. The van der Waals surface area contributed by atoms with Crippen LogP contribution in [0.4, 0.5) is 17.5 Å². The first-order chi connectivity index (χ1) is 17.0. The monoisotopic (exact) mass is 470 g/mol. The average Bonchev–Trinajstić information content (AvgIpc) is 3.14. The van der Waals surface area contributed by atoms with Crippen LogP contribution < -0.4 is 21.1 Å². The van der Waals surface area contributed by atoms with Gasteiger partial charge >= 0.3 is 0 Å². The van der Waals surface area contributed by atoms with E-state index in [4.69, 9.17) is 0 Å². The van der Waals surface area contributed by atoms with Gasteiger partial charge in [0.05, 0.1) is 6.54 Å².